The zero-order chi connectivity index (χ0) is 17.1. The van der Waals surface area contributed by atoms with Crippen molar-refractivity contribution in [1.82, 2.24) is 0 Å². The van der Waals surface area contributed by atoms with Crippen molar-refractivity contribution in [3.8, 4) is 5.75 Å². The largest absolute Gasteiger partial charge is 0.419 e. The Morgan fingerprint density at radius 1 is 1.12 bits per heavy atom. The highest BCUT2D eigenvalue weighted by molar-refractivity contribution is 6.31. The van der Waals surface area contributed by atoms with Crippen LogP contribution in [0.5, 0.6) is 5.75 Å². The van der Waals surface area contributed by atoms with Crippen LogP contribution >= 0.6 is 11.6 Å². The van der Waals surface area contributed by atoms with E-state index < -0.39 is 6.09 Å². The smallest absolute Gasteiger partial charge is 0.410 e. The summed E-state index contributed by atoms with van der Waals surface area (Å²) in [4.78, 5) is 14.6. The second kappa shape index (κ2) is 5.23. The van der Waals surface area contributed by atoms with Crippen LogP contribution in [0.1, 0.15) is 31.2 Å². The van der Waals surface area contributed by atoms with Gasteiger partial charge in [0, 0.05) is 10.6 Å². The van der Waals surface area contributed by atoms with Crippen LogP contribution in [0.25, 0.3) is 0 Å². The molecule has 2 heterocycles. The number of hydrogen-bond donors (Lipinski definition) is 0. The van der Waals surface area contributed by atoms with Gasteiger partial charge in [-0.15, -0.1) is 0 Å². The molecule has 2 atom stereocenters. The highest BCUT2D eigenvalue weighted by atomic mass is 35.5. The number of para-hydroxylation sites is 1. The summed E-state index contributed by atoms with van der Waals surface area (Å²) in [5.41, 5.74) is 1.37. The number of rotatable bonds is 1. The van der Waals surface area contributed by atoms with E-state index in [1.807, 2.05) is 36.4 Å². The van der Waals surface area contributed by atoms with Crippen LogP contribution < -0.4 is 9.64 Å². The Morgan fingerprint density at radius 3 is 2.76 bits per heavy atom. The first kappa shape index (κ1) is 15.2. The van der Waals surface area contributed by atoms with E-state index in [4.69, 9.17) is 21.1 Å². The first-order chi connectivity index (χ1) is 12.1. The van der Waals surface area contributed by atoms with Gasteiger partial charge in [-0.05, 0) is 43.5 Å². The fraction of sp³-hybridized carbons (Fsp3) is 0.350. The Balaban J connectivity index is 1.54. The minimum Gasteiger partial charge on any atom is -0.410 e. The van der Waals surface area contributed by atoms with Crippen molar-refractivity contribution in [2.75, 3.05) is 11.4 Å². The topological polar surface area (TPSA) is 42.1 Å². The van der Waals surface area contributed by atoms with Gasteiger partial charge in [0.15, 0.2) is 0 Å². The van der Waals surface area contributed by atoms with Crippen molar-refractivity contribution in [2.24, 2.45) is 0 Å². The highest BCUT2D eigenvalue weighted by Crippen LogP contribution is 2.68. The molecule has 5 heteroatoms. The van der Waals surface area contributed by atoms with Crippen LogP contribution in [0.3, 0.4) is 0 Å². The summed E-state index contributed by atoms with van der Waals surface area (Å²) < 4.78 is 11.9. The van der Waals surface area contributed by atoms with E-state index in [1.165, 1.54) is 0 Å². The van der Waals surface area contributed by atoms with Crippen molar-refractivity contribution in [3.63, 3.8) is 0 Å². The number of amides is 1. The lowest BCUT2D eigenvalue weighted by atomic mass is 9.72. The van der Waals surface area contributed by atoms with Crippen LogP contribution in [-0.4, -0.2) is 18.2 Å². The quantitative estimate of drug-likeness (QED) is 0.683. The molecule has 2 aromatic carbocycles. The average Bonchev–Trinajstić information content (AvgIpc) is 3.32. The molecule has 5 rings (SSSR count). The Morgan fingerprint density at radius 2 is 1.92 bits per heavy atom. The van der Waals surface area contributed by atoms with Gasteiger partial charge in [-0.1, -0.05) is 42.3 Å². The molecule has 3 aliphatic rings. The van der Waals surface area contributed by atoms with Gasteiger partial charge in [0.2, 0.25) is 0 Å². The van der Waals surface area contributed by atoms with E-state index in [9.17, 15) is 4.79 Å². The maximum absolute atomic E-state index is 12.9. The highest BCUT2D eigenvalue weighted by Gasteiger charge is 2.74. The molecule has 4 nitrogen and oxygen atoms in total. The van der Waals surface area contributed by atoms with Crippen LogP contribution in [0, 0.1) is 0 Å². The Kier molecular flexibility index (Phi) is 3.19. The lowest BCUT2D eigenvalue weighted by molar-refractivity contribution is 0.202. The number of anilines is 1. The number of hydrogen-bond acceptors (Lipinski definition) is 3. The van der Waals surface area contributed by atoms with E-state index in [0.29, 0.717) is 17.3 Å². The van der Waals surface area contributed by atoms with Crippen LogP contribution in [-0.2, 0) is 10.3 Å². The van der Waals surface area contributed by atoms with Gasteiger partial charge < -0.3 is 9.47 Å². The molecular weight excluding hydrogens is 338 g/mol. The molecule has 2 unspecified atom stereocenters. The van der Waals surface area contributed by atoms with Gasteiger partial charge in [-0.25, -0.2) is 4.79 Å². The second-order valence-corrected chi connectivity index (χ2v) is 7.50. The normalized spacial score (nSPS) is 29.2. The van der Waals surface area contributed by atoms with Gasteiger partial charge in [-0.3, -0.25) is 4.90 Å². The third kappa shape index (κ3) is 2.14. The van der Waals surface area contributed by atoms with Crippen molar-refractivity contribution < 1.29 is 14.3 Å². The van der Waals surface area contributed by atoms with E-state index in [0.717, 1.165) is 36.9 Å². The van der Waals surface area contributed by atoms with E-state index in [1.54, 1.807) is 17.0 Å². The maximum atomic E-state index is 12.9. The molecule has 2 fully saturated rings. The summed E-state index contributed by atoms with van der Waals surface area (Å²) in [6.45, 7) is 0.520. The third-order valence-corrected chi connectivity index (χ3v) is 5.93. The predicted octanol–water partition coefficient (Wildman–Crippen LogP) is 4.90. The number of carbonyl (C=O) groups is 1. The van der Waals surface area contributed by atoms with Crippen molar-refractivity contribution in [1.29, 1.82) is 0 Å². The maximum Gasteiger partial charge on any atom is 0.419 e. The van der Waals surface area contributed by atoms with Crippen LogP contribution in [0.15, 0.2) is 48.5 Å². The number of nitrogens with zero attached hydrogens (tertiary/aromatic N) is 1. The summed E-state index contributed by atoms with van der Waals surface area (Å²) in [6, 6.07) is 14.9. The molecule has 0 aromatic heterocycles. The van der Waals surface area contributed by atoms with Gasteiger partial charge in [-0.2, -0.15) is 0 Å². The zero-order valence-corrected chi connectivity index (χ0v) is 14.5. The molecule has 0 N–H and O–H groups in total. The van der Waals surface area contributed by atoms with Crippen molar-refractivity contribution in [3.05, 3.63) is 59.1 Å². The first-order valence-corrected chi connectivity index (χ1v) is 9.06. The average molecular weight is 356 g/mol. The SMILES string of the molecule is O=C(Oc1ccccc1)N1CC23CCCCC2(O3)c2ccc(Cl)cc21. The Bertz CT molecular complexity index is 855. The van der Waals surface area contributed by atoms with E-state index >= 15 is 0 Å². The summed E-state index contributed by atoms with van der Waals surface area (Å²) >= 11 is 6.22. The lowest BCUT2D eigenvalue weighted by Gasteiger charge is -2.37. The van der Waals surface area contributed by atoms with Gasteiger partial charge in [0.05, 0.1) is 12.2 Å². The molecule has 0 radical (unpaired) electrons. The van der Waals surface area contributed by atoms with Crippen molar-refractivity contribution >= 4 is 23.4 Å². The number of fused-ring (bicyclic) bond motifs is 1. The molecule has 0 bridgehead atoms. The van der Waals surface area contributed by atoms with Crippen LogP contribution in [0.2, 0.25) is 5.02 Å². The first-order valence-electron chi connectivity index (χ1n) is 8.68. The molecule has 2 aromatic rings. The third-order valence-electron chi connectivity index (χ3n) is 5.69. The van der Waals surface area contributed by atoms with Gasteiger partial charge in [0.25, 0.3) is 0 Å². The monoisotopic (exact) mass is 355 g/mol. The minimum atomic E-state index is -0.390. The van der Waals surface area contributed by atoms with Gasteiger partial charge >= 0.3 is 6.09 Å². The summed E-state index contributed by atoms with van der Waals surface area (Å²) in [5, 5.41) is 0.608. The number of carbonyl (C=O) groups excluding carboxylic acids is 1. The number of halogens is 1. The lowest BCUT2D eigenvalue weighted by Crippen LogP contribution is -2.49. The minimum absolute atomic E-state index is 0.241. The number of epoxide rings is 1. The number of ether oxygens (including phenoxy) is 2. The molecule has 1 saturated carbocycles. The van der Waals surface area contributed by atoms with Crippen molar-refractivity contribution in [2.45, 2.75) is 36.9 Å². The molecule has 1 aliphatic carbocycles. The molecule has 2 aliphatic heterocycles. The fourth-order valence-corrected chi connectivity index (χ4v) is 4.68. The molecular formula is C20H18ClNO3. The van der Waals surface area contributed by atoms with Crippen LogP contribution in [0.4, 0.5) is 10.5 Å². The molecule has 128 valence electrons. The van der Waals surface area contributed by atoms with E-state index in [-0.39, 0.29) is 11.2 Å². The second-order valence-electron chi connectivity index (χ2n) is 7.06. The summed E-state index contributed by atoms with van der Waals surface area (Å²) in [7, 11) is 0. The molecule has 25 heavy (non-hydrogen) atoms. The molecule has 0 spiro atoms. The Labute approximate surface area is 151 Å². The number of benzene rings is 2. The fourth-order valence-electron chi connectivity index (χ4n) is 4.52. The van der Waals surface area contributed by atoms with Gasteiger partial charge in [0.1, 0.15) is 17.0 Å². The Hall–Kier alpha value is -2.04. The zero-order valence-electron chi connectivity index (χ0n) is 13.7. The summed E-state index contributed by atoms with van der Waals surface area (Å²) in [6.07, 6.45) is 3.87. The summed E-state index contributed by atoms with van der Waals surface area (Å²) in [5.74, 6) is 0.533. The predicted molar refractivity (Wildman–Crippen MR) is 95.2 cm³/mol. The van der Waals surface area contributed by atoms with E-state index in [2.05, 4.69) is 0 Å². The molecule has 1 saturated heterocycles. The molecule has 1 amide bonds. The standard InChI is InChI=1S/C20H18ClNO3/c21-14-8-9-16-17(12-14)22(18(23)24-15-6-2-1-3-7-15)13-19-10-4-5-11-20(16,19)25-19/h1-3,6-9,12H,4-5,10-11,13H2.